The number of fused-ring (bicyclic) bond motifs is 1. The number of benzene rings is 1. The molecule has 1 amide bonds. The van der Waals surface area contributed by atoms with Gasteiger partial charge in [0.1, 0.15) is 5.82 Å². The largest absolute Gasteiger partial charge is 0.356 e. The van der Waals surface area contributed by atoms with E-state index >= 15 is 0 Å². The molecule has 200 valence electrons. The van der Waals surface area contributed by atoms with Gasteiger partial charge in [0.05, 0.1) is 35.3 Å². The van der Waals surface area contributed by atoms with Crippen LogP contribution in [-0.2, 0) is 10.0 Å². The summed E-state index contributed by atoms with van der Waals surface area (Å²) < 4.78 is 28.0. The highest BCUT2D eigenvalue weighted by Gasteiger charge is 2.32. The Morgan fingerprint density at radius 3 is 2.63 bits per heavy atom. The van der Waals surface area contributed by atoms with Gasteiger partial charge in [0, 0.05) is 48.4 Å². The number of carbonyl (C=O) groups is 1. The van der Waals surface area contributed by atoms with E-state index in [0.717, 1.165) is 68.5 Å². The Morgan fingerprint density at radius 1 is 1.16 bits per heavy atom. The zero-order valence-corrected chi connectivity index (χ0v) is 23.0. The van der Waals surface area contributed by atoms with Crippen molar-refractivity contribution >= 4 is 44.7 Å². The highest BCUT2D eigenvalue weighted by molar-refractivity contribution is 7.92. The maximum atomic E-state index is 13.8. The molecular formula is C26H30ClN7O3S. The zero-order valence-electron chi connectivity index (χ0n) is 21.4. The van der Waals surface area contributed by atoms with Crippen molar-refractivity contribution in [1.29, 1.82) is 5.26 Å². The Balaban J connectivity index is 1.46. The predicted molar refractivity (Wildman–Crippen MR) is 146 cm³/mol. The molecule has 2 fully saturated rings. The summed E-state index contributed by atoms with van der Waals surface area (Å²) in [6.45, 7) is 4.11. The Hall–Kier alpha value is -3.36. The van der Waals surface area contributed by atoms with Gasteiger partial charge in [0.2, 0.25) is 10.0 Å². The fraction of sp³-hybridized carbons (Fsp3) is 0.462. The van der Waals surface area contributed by atoms with E-state index in [2.05, 4.69) is 15.7 Å². The monoisotopic (exact) mass is 555 g/mol. The van der Waals surface area contributed by atoms with Crippen molar-refractivity contribution in [2.45, 2.75) is 45.1 Å². The fourth-order valence-electron chi connectivity index (χ4n) is 5.34. The summed E-state index contributed by atoms with van der Waals surface area (Å²) in [5.74, 6) is 0.692. The first kappa shape index (κ1) is 26.3. The summed E-state index contributed by atoms with van der Waals surface area (Å²) in [4.78, 5) is 22.7. The number of amides is 1. The molecule has 4 heterocycles. The van der Waals surface area contributed by atoms with Gasteiger partial charge in [-0.3, -0.25) is 9.52 Å². The van der Waals surface area contributed by atoms with Crippen LogP contribution in [0.3, 0.4) is 0 Å². The second-order valence-electron chi connectivity index (χ2n) is 10.1. The standard InChI is InChI=1S/C26H30ClN7O3S/c1-17-16-34-24(29-25(17)32-11-8-18(15-28)9-12-32)14-22(30-34)23-5-3-4-10-33(23)26(35)20-13-19(27)6-7-21(20)31-38(2,36)37/h6-7,13-14,16,18,23,31H,3-5,8-12H2,1-2H3. The molecule has 5 rings (SSSR count). The average Bonchev–Trinajstić information content (AvgIpc) is 3.31. The van der Waals surface area contributed by atoms with Gasteiger partial charge in [-0.25, -0.2) is 17.9 Å². The molecule has 0 spiro atoms. The second kappa shape index (κ2) is 10.4. The molecule has 2 saturated heterocycles. The smallest absolute Gasteiger partial charge is 0.256 e. The third kappa shape index (κ3) is 5.42. The number of sulfonamides is 1. The quantitative estimate of drug-likeness (QED) is 0.501. The van der Waals surface area contributed by atoms with Crippen molar-refractivity contribution in [3.63, 3.8) is 0 Å². The van der Waals surface area contributed by atoms with E-state index < -0.39 is 10.0 Å². The number of hydrogen-bond acceptors (Lipinski definition) is 7. The minimum Gasteiger partial charge on any atom is -0.356 e. The molecular weight excluding hydrogens is 526 g/mol. The molecule has 10 nitrogen and oxygen atoms in total. The molecule has 1 aromatic carbocycles. The van der Waals surface area contributed by atoms with Gasteiger partial charge < -0.3 is 9.80 Å². The Kier molecular flexibility index (Phi) is 7.20. The number of carbonyl (C=O) groups excluding carboxylic acids is 1. The lowest BCUT2D eigenvalue weighted by Gasteiger charge is -2.35. The topological polar surface area (TPSA) is 124 Å². The van der Waals surface area contributed by atoms with Crippen molar-refractivity contribution in [1.82, 2.24) is 19.5 Å². The van der Waals surface area contributed by atoms with Gasteiger partial charge in [-0.2, -0.15) is 10.4 Å². The second-order valence-corrected chi connectivity index (χ2v) is 12.3. The maximum Gasteiger partial charge on any atom is 0.256 e. The number of aryl methyl sites for hydroxylation is 1. The number of nitrogens with one attached hydrogen (secondary N) is 1. The highest BCUT2D eigenvalue weighted by Crippen LogP contribution is 2.34. The Bertz CT molecular complexity index is 1520. The molecule has 2 aromatic heterocycles. The lowest BCUT2D eigenvalue weighted by molar-refractivity contribution is 0.0607. The number of nitriles is 1. The van der Waals surface area contributed by atoms with Gasteiger partial charge in [0.15, 0.2) is 5.65 Å². The number of piperidine rings is 2. The first-order valence-electron chi connectivity index (χ1n) is 12.7. The van der Waals surface area contributed by atoms with Crippen LogP contribution in [0.25, 0.3) is 5.65 Å². The van der Waals surface area contributed by atoms with Crippen LogP contribution in [0, 0.1) is 24.2 Å². The molecule has 0 radical (unpaired) electrons. The van der Waals surface area contributed by atoms with Gasteiger partial charge in [-0.05, 0) is 57.2 Å². The SMILES string of the molecule is Cc1cn2nc(C3CCCCN3C(=O)c3cc(Cl)ccc3NS(C)(=O)=O)cc2nc1N1CCC(C#N)CC1. The van der Waals surface area contributed by atoms with Gasteiger partial charge in [-0.15, -0.1) is 0 Å². The predicted octanol–water partition coefficient (Wildman–Crippen LogP) is 4.17. The summed E-state index contributed by atoms with van der Waals surface area (Å²) >= 11 is 6.20. The number of anilines is 2. The number of hydrogen-bond donors (Lipinski definition) is 1. The number of rotatable bonds is 5. The first-order valence-corrected chi connectivity index (χ1v) is 15.0. The third-order valence-electron chi connectivity index (χ3n) is 7.21. The molecule has 3 aromatic rings. The summed E-state index contributed by atoms with van der Waals surface area (Å²) in [5, 5.41) is 14.4. The van der Waals surface area contributed by atoms with Gasteiger partial charge in [-0.1, -0.05) is 11.6 Å². The van der Waals surface area contributed by atoms with Crippen LogP contribution in [0.5, 0.6) is 0 Å². The number of aromatic nitrogens is 3. The minimum atomic E-state index is -3.59. The van der Waals surface area contributed by atoms with Crippen molar-refractivity contribution in [2.24, 2.45) is 5.92 Å². The average molecular weight is 556 g/mol. The van der Waals surface area contributed by atoms with Crippen LogP contribution in [0.15, 0.2) is 30.5 Å². The van der Waals surface area contributed by atoms with Gasteiger partial charge in [0.25, 0.3) is 5.91 Å². The summed E-state index contributed by atoms with van der Waals surface area (Å²) in [5.41, 5.74) is 2.83. The van der Waals surface area contributed by atoms with Crippen LogP contribution < -0.4 is 9.62 Å². The molecule has 0 aliphatic carbocycles. The van der Waals surface area contributed by atoms with Crippen molar-refractivity contribution in [3.8, 4) is 6.07 Å². The fourth-order valence-corrected chi connectivity index (χ4v) is 6.09. The molecule has 1 atom stereocenters. The Morgan fingerprint density at radius 2 is 1.92 bits per heavy atom. The maximum absolute atomic E-state index is 13.8. The van der Waals surface area contributed by atoms with Crippen molar-refractivity contribution in [2.75, 3.05) is 35.5 Å². The van der Waals surface area contributed by atoms with Crippen LogP contribution in [0.2, 0.25) is 5.02 Å². The van der Waals surface area contributed by atoms with E-state index in [1.165, 1.54) is 12.1 Å². The first-order chi connectivity index (χ1) is 18.1. The van der Waals surface area contributed by atoms with Gasteiger partial charge >= 0.3 is 0 Å². The van der Waals surface area contributed by atoms with Crippen LogP contribution >= 0.6 is 11.6 Å². The van der Waals surface area contributed by atoms with Crippen LogP contribution in [0.1, 0.15) is 59.8 Å². The third-order valence-corrected chi connectivity index (χ3v) is 8.04. The molecule has 0 bridgehead atoms. The number of halogens is 1. The van der Waals surface area contributed by atoms with Crippen molar-refractivity contribution in [3.05, 3.63) is 52.3 Å². The zero-order chi connectivity index (χ0) is 27.0. The molecule has 0 saturated carbocycles. The lowest BCUT2D eigenvalue weighted by atomic mass is 9.98. The van der Waals surface area contributed by atoms with Crippen molar-refractivity contribution < 1.29 is 13.2 Å². The van der Waals surface area contributed by atoms with E-state index in [1.807, 2.05) is 19.2 Å². The summed E-state index contributed by atoms with van der Waals surface area (Å²) in [7, 11) is -3.59. The van der Waals surface area contributed by atoms with E-state index in [9.17, 15) is 18.5 Å². The number of nitrogens with zero attached hydrogens (tertiary/aromatic N) is 6. The van der Waals surface area contributed by atoms with E-state index in [-0.39, 0.29) is 29.1 Å². The Labute approximate surface area is 227 Å². The molecule has 1 N–H and O–H groups in total. The highest BCUT2D eigenvalue weighted by atomic mass is 35.5. The molecule has 1 unspecified atom stereocenters. The molecule has 38 heavy (non-hydrogen) atoms. The summed E-state index contributed by atoms with van der Waals surface area (Å²) in [6.07, 6.45) is 7.17. The molecule has 2 aliphatic heterocycles. The van der Waals surface area contributed by atoms with E-state index in [0.29, 0.717) is 17.2 Å². The minimum absolute atomic E-state index is 0.0966. The normalized spacial score (nSPS) is 18.9. The molecule has 2 aliphatic rings. The van der Waals surface area contributed by atoms with Crippen LogP contribution in [0.4, 0.5) is 11.5 Å². The summed E-state index contributed by atoms with van der Waals surface area (Å²) in [6, 6.07) is 8.57. The number of likely N-dealkylation sites (tertiary alicyclic amines) is 1. The van der Waals surface area contributed by atoms with Crippen LogP contribution in [-0.4, -0.2) is 59.7 Å². The lowest BCUT2D eigenvalue weighted by Crippen LogP contribution is -2.39. The van der Waals surface area contributed by atoms with E-state index in [1.54, 1.807) is 15.5 Å². The van der Waals surface area contributed by atoms with E-state index in [4.69, 9.17) is 21.7 Å². The molecule has 12 heteroatoms.